The summed E-state index contributed by atoms with van der Waals surface area (Å²) in [6.45, 7) is 0.206. The van der Waals surface area contributed by atoms with E-state index in [0.29, 0.717) is 5.56 Å². The van der Waals surface area contributed by atoms with Gasteiger partial charge in [-0.3, -0.25) is 14.9 Å². The minimum atomic E-state index is -0.893. The molecule has 1 heterocycles. The molecule has 0 atom stereocenters. The number of aromatic nitrogens is 1. The summed E-state index contributed by atoms with van der Waals surface area (Å²) < 4.78 is 14.7. The topological polar surface area (TPSA) is 65.1 Å². The Labute approximate surface area is 98.9 Å². The molecule has 0 N–H and O–H groups in total. The molecule has 2 aromatic rings. The van der Waals surface area contributed by atoms with Crippen LogP contribution in [0.1, 0.15) is 5.56 Å². The van der Waals surface area contributed by atoms with Gasteiger partial charge in [0.2, 0.25) is 5.82 Å². The van der Waals surface area contributed by atoms with Crippen molar-refractivity contribution in [3.05, 3.63) is 60.9 Å². The van der Waals surface area contributed by atoms with Crippen molar-refractivity contribution in [2.75, 3.05) is 0 Å². The van der Waals surface area contributed by atoms with Gasteiger partial charge in [0, 0.05) is 17.6 Å². The van der Waals surface area contributed by atoms with Gasteiger partial charge in [-0.2, -0.15) is 4.39 Å². The van der Waals surface area contributed by atoms with Gasteiger partial charge in [0.15, 0.2) is 0 Å². The summed E-state index contributed by atoms with van der Waals surface area (Å²) in [6, 6.07) is 3.61. The summed E-state index contributed by atoms with van der Waals surface area (Å²) in [5.74, 6) is -0.893. The third-order valence-corrected chi connectivity index (χ3v) is 2.90. The zero-order valence-electron chi connectivity index (χ0n) is 8.50. The van der Waals surface area contributed by atoms with E-state index in [1.54, 1.807) is 11.6 Å². The molecule has 7 heteroatoms. The third kappa shape index (κ3) is 2.39. The smallest absolute Gasteiger partial charge is 0.302 e. The van der Waals surface area contributed by atoms with Crippen molar-refractivity contribution in [2.45, 2.75) is 6.54 Å². The zero-order valence-corrected chi connectivity index (χ0v) is 9.32. The van der Waals surface area contributed by atoms with Crippen LogP contribution in [0, 0.1) is 15.9 Å². The van der Waals surface area contributed by atoms with E-state index in [2.05, 4.69) is 0 Å². The molecular weight excluding hydrogens is 247 g/mol. The van der Waals surface area contributed by atoms with Gasteiger partial charge in [-0.15, -0.1) is 0 Å². The van der Waals surface area contributed by atoms with Gasteiger partial charge in [-0.25, -0.2) is 0 Å². The van der Waals surface area contributed by atoms with E-state index < -0.39 is 16.4 Å². The van der Waals surface area contributed by atoms with E-state index in [4.69, 9.17) is 0 Å². The highest BCUT2D eigenvalue weighted by atomic mass is 32.1. The first kappa shape index (κ1) is 11.5. The predicted octanol–water partition coefficient (Wildman–Crippen LogP) is 2.01. The fourth-order valence-electron chi connectivity index (χ4n) is 1.40. The number of nitro benzene ring substituents is 1. The van der Waals surface area contributed by atoms with Crippen molar-refractivity contribution < 1.29 is 9.31 Å². The first-order valence-corrected chi connectivity index (χ1v) is 5.52. The molecule has 0 aliphatic rings. The standard InChI is InChI=1S/C10H7FN2O3S/c11-8-5-7(1-2-9(8)13(15)16)6-12-3-4-17-10(12)14/h1-5H,6H2. The van der Waals surface area contributed by atoms with Crippen LogP contribution in [0.15, 0.2) is 34.6 Å². The molecule has 5 nitrogen and oxygen atoms in total. The summed E-state index contributed by atoms with van der Waals surface area (Å²) in [4.78, 5) is 20.7. The molecule has 0 spiro atoms. The lowest BCUT2D eigenvalue weighted by molar-refractivity contribution is -0.387. The van der Waals surface area contributed by atoms with Gasteiger partial charge in [-0.05, 0) is 11.6 Å². The summed E-state index contributed by atoms with van der Waals surface area (Å²) in [6.07, 6.45) is 1.59. The summed E-state index contributed by atoms with van der Waals surface area (Å²) >= 11 is 1.04. The maximum atomic E-state index is 13.3. The molecule has 0 unspecified atom stereocenters. The van der Waals surface area contributed by atoms with Crippen LogP contribution >= 0.6 is 11.3 Å². The van der Waals surface area contributed by atoms with Gasteiger partial charge in [0.25, 0.3) is 0 Å². The number of halogens is 1. The molecule has 17 heavy (non-hydrogen) atoms. The van der Waals surface area contributed by atoms with Gasteiger partial charge in [-0.1, -0.05) is 17.4 Å². The quantitative estimate of drug-likeness (QED) is 0.621. The van der Waals surface area contributed by atoms with Crippen LogP contribution in [0.3, 0.4) is 0 Å². The number of nitrogens with zero attached hydrogens (tertiary/aromatic N) is 2. The second kappa shape index (κ2) is 4.46. The van der Waals surface area contributed by atoms with Gasteiger partial charge >= 0.3 is 10.6 Å². The molecule has 0 aliphatic heterocycles. The Bertz CT molecular complexity index is 620. The largest absolute Gasteiger partial charge is 0.307 e. The third-order valence-electron chi connectivity index (χ3n) is 2.21. The molecule has 0 amide bonds. The normalized spacial score (nSPS) is 10.4. The van der Waals surface area contributed by atoms with Crippen molar-refractivity contribution in [3.8, 4) is 0 Å². The molecule has 0 radical (unpaired) electrons. The average Bonchev–Trinajstić information content (AvgIpc) is 2.64. The maximum Gasteiger partial charge on any atom is 0.307 e. The van der Waals surface area contributed by atoms with Crippen LogP contribution in [0.5, 0.6) is 0 Å². The highest BCUT2D eigenvalue weighted by Gasteiger charge is 2.13. The number of hydrogen-bond acceptors (Lipinski definition) is 4. The Hall–Kier alpha value is -2.02. The van der Waals surface area contributed by atoms with Gasteiger partial charge < -0.3 is 4.57 Å². The first-order valence-electron chi connectivity index (χ1n) is 4.64. The molecule has 0 aliphatic carbocycles. The van der Waals surface area contributed by atoms with Crippen LogP contribution in [0.4, 0.5) is 10.1 Å². The molecule has 0 bridgehead atoms. The lowest BCUT2D eigenvalue weighted by Crippen LogP contribution is -2.12. The van der Waals surface area contributed by atoms with Crippen molar-refractivity contribution in [1.29, 1.82) is 0 Å². The van der Waals surface area contributed by atoms with Crippen LogP contribution in [-0.2, 0) is 6.54 Å². The molecule has 0 saturated carbocycles. The number of benzene rings is 1. The Morgan fingerprint density at radius 3 is 2.76 bits per heavy atom. The van der Waals surface area contributed by atoms with E-state index in [-0.39, 0.29) is 11.4 Å². The molecular formula is C10H7FN2O3S. The summed E-state index contributed by atoms with van der Waals surface area (Å²) in [7, 11) is 0. The maximum absolute atomic E-state index is 13.3. The average molecular weight is 254 g/mol. The molecule has 1 aromatic carbocycles. The molecule has 0 saturated heterocycles. The van der Waals surface area contributed by atoms with E-state index in [1.807, 2.05) is 0 Å². The predicted molar refractivity (Wildman–Crippen MR) is 60.7 cm³/mol. The highest BCUT2D eigenvalue weighted by molar-refractivity contribution is 7.07. The Kier molecular flexibility index (Phi) is 3.01. The van der Waals surface area contributed by atoms with Crippen molar-refractivity contribution in [2.24, 2.45) is 0 Å². The number of nitro groups is 1. The summed E-state index contributed by atoms with van der Waals surface area (Å²) in [5.41, 5.74) is -0.0555. The molecule has 0 fully saturated rings. The monoisotopic (exact) mass is 254 g/mol. The Balaban J connectivity index is 2.30. The number of rotatable bonds is 3. The van der Waals surface area contributed by atoms with Crippen molar-refractivity contribution in [3.63, 3.8) is 0 Å². The van der Waals surface area contributed by atoms with Crippen molar-refractivity contribution >= 4 is 17.0 Å². The molecule has 2 rings (SSSR count). The van der Waals surface area contributed by atoms with Crippen LogP contribution in [0.25, 0.3) is 0 Å². The lowest BCUT2D eigenvalue weighted by Gasteiger charge is -2.02. The van der Waals surface area contributed by atoms with Gasteiger partial charge in [0.1, 0.15) is 0 Å². The Morgan fingerprint density at radius 1 is 1.47 bits per heavy atom. The molecule has 88 valence electrons. The second-order valence-corrected chi connectivity index (χ2v) is 4.20. The van der Waals surface area contributed by atoms with E-state index in [0.717, 1.165) is 23.5 Å². The number of thiazole rings is 1. The second-order valence-electron chi connectivity index (χ2n) is 3.34. The summed E-state index contributed by atoms with van der Waals surface area (Å²) in [5, 5.41) is 12.0. The van der Waals surface area contributed by atoms with Crippen LogP contribution in [0.2, 0.25) is 0 Å². The highest BCUT2D eigenvalue weighted by Crippen LogP contribution is 2.18. The molecule has 1 aromatic heterocycles. The fourth-order valence-corrected chi connectivity index (χ4v) is 1.99. The zero-order chi connectivity index (χ0) is 12.4. The van der Waals surface area contributed by atoms with Crippen LogP contribution < -0.4 is 4.87 Å². The first-order chi connectivity index (χ1) is 8.08. The minimum absolute atomic E-state index is 0.149. The van der Waals surface area contributed by atoms with E-state index in [1.165, 1.54) is 10.6 Å². The SMILES string of the molecule is O=c1sccn1Cc1ccc([N+](=O)[O-])c(F)c1. The van der Waals surface area contributed by atoms with Crippen molar-refractivity contribution in [1.82, 2.24) is 4.57 Å². The minimum Gasteiger partial charge on any atom is -0.302 e. The lowest BCUT2D eigenvalue weighted by atomic mass is 10.2. The number of hydrogen-bond donors (Lipinski definition) is 0. The fraction of sp³-hybridized carbons (Fsp3) is 0.100. The Morgan fingerprint density at radius 2 is 2.24 bits per heavy atom. The van der Waals surface area contributed by atoms with E-state index >= 15 is 0 Å². The van der Waals surface area contributed by atoms with E-state index in [9.17, 15) is 19.3 Å². The van der Waals surface area contributed by atoms with Gasteiger partial charge in [0.05, 0.1) is 11.5 Å². The van der Waals surface area contributed by atoms with Crippen LogP contribution in [-0.4, -0.2) is 9.49 Å².